The summed E-state index contributed by atoms with van der Waals surface area (Å²) in [5.41, 5.74) is 0.742. The molecule has 1 atom stereocenters. The Kier molecular flexibility index (Phi) is 4.38. The molecule has 0 aliphatic heterocycles. The summed E-state index contributed by atoms with van der Waals surface area (Å²) in [6.45, 7) is 5.64. The second-order valence-electron chi connectivity index (χ2n) is 4.62. The summed E-state index contributed by atoms with van der Waals surface area (Å²) >= 11 is 0. The largest absolute Gasteiger partial charge is 0.242 e. The van der Waals surface area contributed by atoms with E-state index in [1.54, 1.807) is 0 Å². The summed E-state index contributed by atoms with van der Waals surface area (Å²) < 4.78 is 27.5. The molecule has 3 nitrogen and oxygen atoms in total. The Morgan fingerprint density at radius 3 is 2.65 bits per heavy atom. The van der Waals surface area contributed by atoms with E-state index in [1.165, 1.54) is 18.2 Å². The highest BCUT2D eigenvalue weighted by Gasteiger charge is 2.19. The first-order chi connectivity index (χ1) is 7.84. The molecule has 0 amide bonds. The van der Waals surface area contributed by atoms with E-state index in [0.717, 1.165) is 0 Å². The van der Waals surface area contributed by atoms with Crippen molar-refractivity contribution in [2.75, 3.05) is 0 Å². The minimum absolute atomic E-state index is 0.144. The molecule has 17 heavy (non-hydrogen) atoms. The molecule has 0 saturated carbocycles. The number of benzene rings is 1. The zero-order valence-corrected chi connectivity index (χ0v) is 10.9. The van der Waals surface area contributed by atoms with E-state index in [0.29, 0.717) is 11.1 Å². The first-order valence-corrected chi connectivity index (χ1v) is 6.33. The van der Waals surface area contributed by atoms with Crippen LogP contribution in [-0.4, -0.2) is 8.96 Å². The van der Waals surface area contributed by atoms with Gasteiger partial charge in [-0.1, -0.05) is 0 Å². The smallest absolute Gasteiger partial charge is 0.127 e. The molecule has 92 valence electrons. The van der Waals surface area contributed by atoms with Crippen LogP contribution in [0.4, 0.5) is 4.39 Å². The van der Waals surface area contributed by atoms with E-state index in [2.05, 4.69) is 4.72 Å². The van der Waals surface area contributed by atoms with E-state index in [4.69, 9.17) is 5.26 Å². The van der Waals surface area contributed by atoms with Gasteiger partial charge in [-0.25, -0.2) is 13.3 Å². The molecular formula is C12H15FN2OS. The van der Waals surface area contributed by atoms with Crippen molar-refractivity contribution in [1.82, 2.24) is 4.72 Å². The van der Waals surface area contributed by atoms with E-state index >= 15 is 0 Å². The Bertz CT molecular complexity index is 474. The lowest BCUT2D eigenvalue weighted by Crippen LogP contribution is -2.33. The Balaban J connectivity index is 2.77. The molecule has 1 N–H and O–H groups in total. The summed E-state index contributed by atoms with van der Waals surface area (Å²) in [7, 11) is -1.25. The van der Waals surface area contributed by atoms with Gasteiger partial charge in [-0.15, -0.1) is 0 Å². The number of nitriles is 1. The quantitative estimate of drug-likeness (QED) is 0.899. The number of nitrogens with zero attached hydrogens (tertiary/aromatic N) is 1. The molecule has 0 saturated heterocycles. The van der Waals surface area contributed by atoms with Crippen LogP contribution in [0.25, 0.3) is 0 Å². The maximum atomic E-state index is 13.4. The maximum absolute atomic E-state index is 13.4. The van der Waals surface area contributed by atoms with Crippen LogP contribution in [-0.2, 0) is 17.5 Å². The lowest BCUT2D eigenvalue weighted by Gasteiger charge is -2.18. The van der Waals surface area contributed by atoms with E-state index in [-0.39, 0.29) is 6.54 Å². The van der Waals surface area contributed by atoms with Gasteiger partial charge >= 0.3 is 0 Å². The second kappa shape index (κ2) is 5.39. The normalized spacial score (nSPS) is 13.1. The van der Waals surface area contributed by atoms with Crippen LogP contribution in [0.15, 0.2) is 18.2 Å². The predicted molar refractivity (Wildman–Crippen MR) is 65.9 cm³/mol. The molecule has 0 aliphatic rings. The molecule has 0 heterocycles. The molecule has 0 bridgehead atoms. The highest BCUT2D eigenvalue weighted by atomic mass is 32.2. The summed E-state index contributed by atoms with van der Waals surface area (Å²) in [6, 6.07) is 6.06. The summed E-state index contributed by atoms with van der Waals surface area (Å²) in [4.78, 5) is 0. The minimum atomic E-state index is -1.25. The van der Waals surface area contributed by atoms with Crippen LogP contribution < -0.4 is 4.72 Å². The van der Waals surface area contributed by atoms with E-state index in [1.807, 2.05) is 26.8 Å². The zero-order valence-electron chi connectivity index (χ0n) is 10.1. The van der Waals surface area contributed by atoms with Crippen molar-refractivity contribution >= 4 is 11.0 Å². The van der Waals surface area contributed by atoms with Gasteiger partial charge in [-0.3, -0.25) is 0 Å². The SMILES string of the molecule is CC(C)(C)S(=O)NCc1cc(C#N)ccc1F. The molecule has 1 aromatic carbocycles. The summed E-state index contributed by atoms with van der Waals surface area (Å²) in [5.74, 6) is -0.401. The van der Waals surface area contributed by atoms with E-state index in [9.17, 15) is 8.60 Å². The molecule has 5 heteroatoms. The third-order valence-corrected chi connectivity index (χ3v) is 3.64. The number of hydrogen-bond acceptors (Lipinski definition) is 2. The van der Waals surface area contributed by atoms with Crippen LogP contribution in [0.1, 0.15) is 31.9 Å². The lowest BCUT2D eigenvalue weighted by molar-refractivity contribution is 0.601. The molecule has 0 radical (unpaired) electrons. The monoisotopic (exact) mass is 254 g/mol. The Morgan fingerprint density at radius 1 is 1.47 bits per heavy atom. The third kappa shape index (κ3) is 3.91. The van der Waals surface area contributed by atoms with Crippen molar-refractivity contribution in [3.8, 4) is 6.07 Å². The minimum Gasteiger partial charge on any atom is -0.242 e. The van der Waals surface area contributed by atoms with Crippen LogP contribution in [0, 0.1) is 17.1 Å². The summed E-state index contributed by atoms with van der Waals surface area (Å²) in [6.07, 6.45) is 0. The third-order valence-electron chi connectivity index (χ3n) is 2.12. The maximum Gasteiger partial charge on any atom is 0.127 e. The average molecular weight is 254 g/mol. The van der Waals surface area contributed by atoms with Crippen molar-refractivity contribution in [3.05, 3.63) is 35.1 Å². The van der Waals surface area contributed by atoms with Crippen LogP contribution in [0.3, 0.4) is 0 Å². The van der Waals surface area contributed by atoms with Crippen molar-refractivity contribution < 1.29 is 8.60 Å². The van der Waals surface area contributed by atoms with Crippen molar-refractivity contribution in [2.45, 2.75) is 32.1 Å². The first kappa shape index (κ1) is 13.8. The molecule has 1 unspecified atom stereocenters. The van der Waals surface area contributed by atoms with E-state index < -0.39 is 21.5 Å². The van der Waals surface area contributed by atoms with Gasteiger partial charge in [0.1, 0.15) is 5.82 Å². The fraction of sp³-hybridized carbons (Fsp3) is 0.417. The van der Waals surface area contributed by atoms with Gasteiger partial charge in [-0.2, -0.15) is 5.26 Å². The molecule has 0 spiro atoms. The predicted octanol–water partition coefficient (Wildman–Crippen LogP) is 2.25. The van der Waals surface area contributed by atoms with Gasteiger partial charge in [0.25, 0.3) is 0 Å². The summed E-state index contributed by atoms with van der Waals surface area (Å²) in [5, 5.41) is 8.71. The highest BCUT2D eigenvalue weighted by molar-refractivity contribution is 7.84. The van der Waals surface area contributed by atoms with Crippen molar-refractivity contribution in [1.29, 1.82) is 5.26 Å². The van der Waals surface area contributed by atoms with Crippen LogP contribution in [0.5, 0.6) is 0 Å². The standard InChI is InChI=1S/C12H15FN2OS/c1-12(2,3)17(16)15-8-10-6-9(7-14)4-5-11(10)13/h4-6,15H,8H2,1-3H3. The molecule has 0 aliphatic carbocycles. The average Bonchev–Trinajstić information content (AvgIpc) is 2.26. The molecule has 1 aromatic rings. The van der Waals surface area contributed by atoms with Gasteiger partial charge in [0.05, 0.1) is 27.4 Å². The Labute approximate surface area is 103 Å². The molecule has 1 rings (SSSR count). The van der Waals surface area contributed by atoms with Crippen LogP contribution >= 0.6 is 0 Å². The number of rotatable bonds is 3. The lowest BCUT2D eigenvalue weighted by atomic mass is 10.1. The zero-order chi connectivity index (χ0) is 13.1. The number of nitrogens with one attached hydrogen (secondary N) is 1. The van der Waals surface area contributed by atoms with Gasteiger partial charge in [0.2, 0.25) is 0 Å². The van der Waals surface area contributed by atoms with Crippen LogP contribution in [0.2, 0.25) is 0 Å². The first-order valence-electron chi connectivity index (χ1n) is 5.18. The molecular weight excluding hydrogens is 239 g/mol. The fourth-order valence-electron chi connectivity index (χ4n) is 1.14. The van der Waals surface area contributed by atoms with Gasteiger partial charge < -0.3 is 0 Å². The number of hydrogen-bond donors (Lipinski definition) is 1. The Morgan fingerprint density at radius 2 is 2.12 bits per heavy atom. The van der Waals surface area contributed by atoms with Gasteiger partial charge in [-0.05, 0) is 39.0 Å². The topological polar surface area (TPSA) is 52.9 Å². The second-order valence-corrected chi connectivity index (χ2v) is 6.67. The number of halogens is 1. The Hall–Kier alpha value is -1.25. The van der Waals surface area contributed by atoms with Gasteiger partial charge in [0.15, 0.2) is 0 Å². The van der Waals surface area contributed by atoms with Gasteiger partial charge in [0, 0.05) is 12.1 Å². The molecule has 0 aromatic heterocycles. The van der Waals surface area contributed by atoms with Crippen molar-refractivity contribution in [2.24, 2.45) is 0 Å². The molecule has 0 fully saturated rings. The highest BCUT2D eigenvalue weighted by Crippen LogP contribution is 2.13. The van der Waals surface area contributed by atoms with Crippen molar-refractivity contribution in [3.63, 3.8) is 0 Å². The fourth-order valence-corrected chi connectivity index (χ4v) is 1.86.